The summed E-state index contributed by atoms with van der Waals surface area (Å²) in [7, 11) is 3.49. The highest BCUT2D eigenvalue weighted by Gasteiger charge is 2.33. The zero-order valence-corrected chi connectivity index (χ0v) is 24.2. The van der Waals surface area contributed by atoms with Gasteiger partial charge in [0.2, 0.25) is 0 Å². The zero-order chi connectivity index (χ0) is 30.2. The number of hydrogen-bond acceptors (Lipinski definition) is 8. The van der Waals surface area contributed by atoms with Gasteiger partial charge in [0.05, 0.1) is 11.4 Å². The van der Waals surface area contributed by atoms with E-state index < -0.39 is 17.3 Å². The Balaban J connectivity index is 1.34. The number of carbonyl (C=O) groups is 2. The fourth-order valence-corrected chi connectivity index (χ4v) is 5.13. The van der Waals surface area contributed by atoms with Crippen LogP contribution in [-0.4, -0.2) is 79.9 Å². The molecule has 2 atom stereocenters. The first-order valence-electron chi connectivity index (χ1n) is 13.8. The molecule has 222 valence electrons. The molecule has 4 heterocycles. The molecule has 1 aromatic carbocycles. The van der Waals surface area contributed by atoms with Gasteiger partial charge in [0.1, 0.15) is 11.4 Å². The monoisotopic (exact) mass is 578 g/mol. The molecule has 0 aliphatic carbocycles. The Morgan fingerprint density at radius 1 is 1.26 bits per heavy atom. The van der Waals surface area contributed by atoms with Crippen molar-refractivity contribution in [2.45, 2.75) is 57.8 Å². The number of hydrogen-bond donors (Lipinski definition) is 4. The van der Waals surface area contributed by atoms with E-state index in [2.05, 4.69) is 31.0 Å². The first-order chi connectivity index (χ1) is 19.9. The first kappa shape index (κ1) is 29.0. The van der Waals surface area contributed by atoms with Gasteiger partial charge in [0, 0.05) is 51.1 Å². The van der Waals surface area contributed by atoms with E-state index in [1.165, 1.54) is 26.0 Å². The van der Waals surface area contributed by atoms with E-state index in [-0.39, 0.29) is 41.7 Å². The molecule has 42 heavy (non-hydrogen) atoms. The number of aromatic nitrogens is 4. The van der Waals surface area contributed by atoms with Crippen LogP contribution in [0.2, 0.25) is 0 Å². The first-order valence-corrected chi connectivity index (χ1v) is 13.8. The summed E-state index contributed by atoms with van der Waals surface area (Å²) in [6.07, 6.45) is 3.35. The van der Waals surface area contributed by atoms with E-state index in [0.717, 1.165) is 23.8 Å². The zero-order valence-electron chi connectivity index (χ0n) is 24.2. The number of rotatable bonds is 7. The quantitative estimate of drug-likeness (QED) is 0.258. The van der Waals surface area contributed by atoms with Crippen molar-refractivity contribution in [1.29, 1.82) is 0 Å². The molecule has 4 N–H and O–H groups in total. The number of nitrogens with one attached hydrogen (secondary N) is 3. The van der Waals surface area contributed by atoms with Crippen molar-refractivity contribution in [1.82, 2.24) is 35.5 Å². The van der Waals surface area contributed by atoms with Crippen molar-refractivity contribution in [3.05, 3.63) is 59.4 Å². The van der Waals surface area contributed by atoms with Gasteiger partial charge in [0.25, 0.3) is 5.91 Å². The van der Waals surface area contributed by atoms with E-state index in [9.17, 15) is 14.7 Å². The van der Waals surface area contributed by atoms with Crippen LogP contribution in [0.4, 0.5) is 15.0 Å². The largest absolute Gasteiger partial charge is 0.382 e. The fraction of sp³-hybridized carbons (Fsp3) is 0.414. The molecule has 3 aromatic heterocycles. The van der Waals surface area contributed by atoms with Crippen molar-refractivity contribution in [2.24, 2.45) is 0 Å². The third-order valence-corrected chi connectivity index (χ3v) is 7.55. The van der Waals surface area contributed by atoms with Crippen LogP contribution < -0.4 is 10.6 Å². The van der Waals surface area contributed by atoms with Gasteiger partial charge < -0.3 is 30.1 Å². The predicted octanol–water partition coefficient (Wildman–Crippen LogP) is 3.86. The Kier molecular flexibility index (Phi) is 7.87. The topological polar surface area (TPSA) is 153 Å². The summed E-state index contributed by atoms with van der Waals surface area (Å²) in [6.45, 7) is 5.68. The molecule has 1 aliphatic heterocycles. The number of aliphatic hydroxyl groups is 1. The van der Waals surface area contributed by atoms with Crippen LogP contribution in [0.25, 0.3) is 22.2 Å². The number of aromatic amines is 1. The number of pyridine rings is 1. The van der Waals surface area contributed by atoms with E-state index in [4.69, 9.17) is 4.52 Å². The molecule has 3 amide bonds. The fourth-order valence-electron chi connectivity index (χ4n) is 5.13. The number of fused-ring (bicyclic) bond motifs is 1. The summed E-state index contributed by atoms with van der Waals surface area (Å²) in [5.41, 5.74) is 0.898. The minimum Gasteiger partial charge on any atom is -0.382 e. The molecule has 0 unspecified atom stereocenters. The van der Waals surface area contributed by atoms with Gasteiger partial charge in [-0.3, -0.25) is 9.89 Å². The summed E-state index contributed by atoms with van der Waals surface area (Å²) >= 11 is 0. The molecular weight excluding hydrogens is 543 g/mol. The van der Waals surface area contributed by atoms with Crippen molar-refractivity contribution < 1.29 is 23.6 Å². The highest BCUT2D eigenvalue weighted by Crippen LogP contribution is 2.34. The van der Waals surface area contributed by atoms with Crippen LogP contribution in [-0.2, 0) is 12.1 Å². The molecule has 0 spiro atoms. The number of likely N-dealkylation sites (tertiary alicyclic amines) is 1. The highest BCUT2D eigenvalue weighted by molar-refractivity contribution is 6.00. The van der Waals surface area contributed by atoms with E-state index in [1.54, 1.807) is 43.4 Å². The smallest absolute Gasteiger partial charge is 0.319 e. The standard InChI is InChI=1S/C29H35FN8O4/c1-16-21(7-6-12-38(16)28(40)37(4)5)33-26-24-19(10-11-31-25(24)34-35-26)17-8-9-18(20(30)13-17)15-32-27(39)22-14-23(42-36-22)29(2,3)41/h8-11,13-14,16,21,41H,6-7,12,15H2,1-5H3,(H,32,39)(H2,31,33,34,35)/t16-,21-/m1/s1. The average molecular weight is 579 g/mol. The lowest BCUT2D eigenvalue weighted by Gasteiger charge is -2.40. The molecule has 1 saturated heterocycles. The average Bonchev–Trinajstić information content (AvgIpc) is 3.61. The summed E-state index contributed by atoms with van der Waals surface area (Å²) in [4.78, 5) is 33.0. The molecule has 4 aromatic rings. The number of nitrogens with zero attached hydrogens (tertiary/aromatic N) is 5. The van der Waals surface area contributed by atoms with Gasteiger partial charge in [-0.05, 0) is 56.9 Å². The van der Waals surface area contributed by atoms with Gasteiger partial charge >= 0.3 is 6.03 Å². The minimum atomic E-state index is -1.28. The van der Waals surface area contributed by atoms with Crippen LogP contribution >= 0.6 is 0 Å². The van der Waals surface area contributed by atoms with Crippen molar-refractivity contribution in [2.75, 3.05) is 26.0 Å². The Morgan fingerprint density at radius 2 is 2.05 bits per heavy atom. The molecular formula is C29H35FN8O4. The molecule has 1 fully saturated rings. The number of benzene rings is 1. The number of carbonyl (C=O) groups excluding carboxylic acids is 2. The van der Waals surface area contributed by atoms with E-state index in [0.29, 0.717) is 23.6 Å². The Morgan fingerprint density at radius 3 is 2.74 bits per heavy atom. The maximum atomic E-state index is 15.3. The lowest BCUT2D eigenvalue weighted by atomic mass is 9.97. The molecule has 0 bridgehead atoms. The number of halogens is 1. The van der Waals surface area contributed by atoms with Crippen LogP contribution in [0.1, 0.15) is 55.4 Å². The SMILES string of the molecule is C[C@@H]1[C@H](Nc2n[nH]c3nccc(-c4ccc(CNC(=O)c5cc(C(C)(C)O)on5)c(F)c4)c23)CCCN1C(=O)N(C)C. The van der Waals surface area contributed by atoms with E-state index in [1.807, 2.05) is 11.8 Å². The predicted molar refractivity (Wildman–Crippen MR) is 154 cm³/mol. The molecule has 1 aliphatic rings. The van der Waals surface area contributed by atoms with Crippen molar-refractivity contribution in [3.8, 4) is 11.1 Å². The molecule has 5 rings (SSSR count). The summed E-state index contributed by atoms with van der Waals surface area (Å²) in [5.74, 6) is -0.312. The van der Waals surface area contributed by atoms with Crippen LogP contribution in [0.15, 0.2) is 41.1 Å². The number of piperidine rings is 1. The summed E-state index contributed by atoms with van der Waals surface area (Å²) in [5, 5.41) is 28.0. The van der Waals surface area contributed by atoms with Gasteiger partial charge in [-0.15, -0.1) is 0 Å². The molecule has 13 heteroatoms. The maximum Gasteiger partial charge on any atom is 0.319 e. The second-order valence-electron chi connectivity index (χ2n) is 11.3. The van der Waals surface area contributed by atoms with Gasteiger partial charge in [-0.2, -0.15) is 5.10 Å². The molecule has 0 saturated carbocycles. The van der Waals surface area contributed by atoms with E-state index >= 15 is 4.39 Å². The van der Waals surface area contributed by atoms with Crippen molar-refractivity contribution >= 4 is 28.8 Å². The lowest BCUT2D eigenvalue weighted by Crippen LogP contribution is -2.54. The normalized spacial score (nSPS) is 17.4. The Hall–Kier alpha value is -4.52. The van der Waals surface area contributed by atoms with Gasteiger partial charge in [0.15, 0.2) is 22.9 Å². The summed E-state index contributed by atoms with van der Waals surface area (Å²) in [6, 6.07) is 7.83. The number of anilines is 1. The lowest BCUT2D eigenvalue weighted by molar-refractivity contribution is 0.0474. The second-order valence-corrected chi connectivity index (χ2v) is 11.3. The Bertz CT molecular complexity index is 1610. The number of amides is 3. The number of H-pyrrole nitrogens is 1. The van der Waals surface area contributed by atoms with Crippen LogP contribution in [0.5, 0.6) is 0 Å². The molecule has 0 radical (unpaired) electrons. The van der Waals surface area contributed by atoms with Crippen LogP contribution in [0, 0.1) is 5.82 Å². The Labute approximate surface area is 242 Å². The third kappa shape index (κ3) is 5.77. The third-order valence-electron chi connectivity index (χ3n) is 7.55. The van der Waals surface area contributed by atoms with Crippen molar-refractivity contribution in [3.63, 3.8) is 0 Å². The van der Waals surface area contributed by atoms with Crippen LogP contribution in [0.3, 0.4) is 0 Å². The number of urea groups is 1. The summed E-state index contributed by atoms with van der Waals surface area (Å²) < 4.78 is 20.3. The molecule has 12 nitrogen and oxygen atoms in total. The minimum absolute atomic E-state index is 0.00944. The van der Waals surface area contributed by atoms with Gasteiger partial charge in [-0.25, -0.2) is 14.2 Å². The van der Waals surface area contributed by atoms with Gasteiger partial charge in [-0.1, -0.05) is 17.3 Å². The maximum absolute atomic E-state index is 15.3. The highest BCUT2D eigenvalue weighted by atomic mass is 19.1. The second kappa shape index (κ2) is 11.4.